The number of amides is 1. The maximum atomic E-state index is 12.1. The number of alkyl halides is 3. The van der Waals surface area contributed by atoms with Crippen LogP contribution in [-0.4, -0.2) is 28.9 Å². The van der Waals surface area contributed by atoms with Gasteiger partial charge in [-0.25, -0.2) is 0 Å². The van der Waals surface area contributed by atoms with Gasteiger partial charge in [0.25, 0.3) is 5.91 Å². The zero-order valence-corrected chi connectivity index (χ0v) is 14.0. The molecule has 27 heavy (non-hydrogen) atoms. The molecular weight excluding hydrogens is 361 g/mol. The maximum Gasteiger partial charge on any atom is 0.573 e. The molecule has 0 saturated heterocycles. The molecule has 0 fully saturated rings. The number of halogens is 3. The molecule has 3 aromatic rings. The molecule has 0 atom stereocenters. The third-order valence-corrected chi connectivity index (χ3v) is 3.85. The van der Waals surface area contributed by atoms with E-state index in [0.29, 0.717) is 13.0 Å². The van der Waals surface area contributed by atoms with Gasteiger partial charge in [0.2, 0.25) is 0 Å². The molecule has 0 aliphatic heterocycles. The van der Waals surface area contributed by atoms with Gasteiger partial charge in [-0.1, -0.05) is 0 Å². The van der Waals surface area contributed by atoms with E-state index in [1.165, 1.54) is 12.1 Å². The van der Waals surface area contributed by atoms with Crippen LogP contribution in [0.25, 0.3) is 10.9 Å². The minimum Gasteiger partial charge on any atom is -0.508 e. The number of benzene rings is 2. The summed E-state index contributed by atoms with van der Waals surface area (Å²) < 4.78 is 40.2. The van der Waals surface area contributed by atoms with Crippen molar-refractivity contribution in [3.05, 3.63) is 65.9 Å². The van der Waals surface area contributed by atoms with Gasteiger partial charge in [0, 0.05) is 23.7 Å². The first-order valence-electron chi connectivity index (χ1n) is 8.02. The lowest BCUT2D eigenvalue weighted by Gasteiger charge is -2.10. The summed E-state index contributed by atoms with van der Waals surface area (Å²) >= 11 is 0. The SMILES string of the molecule is O=C(NCCc1ccnc2ccc(O)cc12)c1ccc(OC(F)(F)F)cc1. The molecule has 0 unspecified atom stereocenters. The van der Waals surface area contributed by atoms with Gasteiger partial charge in [-0.3, -0.25) is 9.78 Å². The van der Waals surface area contributed by atoms with Crippen molar-refractivity contribution in [3.63, 3.8) is 0 Å². The highest BCUT2D eigenvalue weighted by Crippen LogP contribution is 2.23. The number of carbonyl (C=O) groups is 1. The number of ether oxygens (including phenoxy) is 1. The van der Waals surface area contributed by atoms with Crippen molar-refractivity contribution in [1.29, 1.82) is 0 Å². The minimum atomic E-state index is -4.77. The summed E-state index contributed by atoms with van der Waals surface area (Å²) in [5, 5.41) is 13.1. The lowest BCUT2D eigenvalue weighted by molar-refractivity contribution is -0.274. The molecule has 1 heterocycles. The maximum absolute atomic E-state index is 12.1. The van der Waals surface area contributed by atoms with Crippen LogP contribution in [0.15, 0.2) is 54.7 Å². The molecule has 0 aliphatic carbocycles. The molecule has 1 aromatic heterocycles. The Balaban J connectivity index is 1.61. The second-order valence-corrected chi connectivity index (χ2v) is 5.75. The van der Waals surface area contributed by atoms with Crippen LogP contribution in [0.5, 0.6) is 11.5 Å². The molecule has 2 N–H and O–H groups in total. The predicted molar refractivity (Wildman–Crippen MR) is 92.6 cm³/mol. The number of carbonyl (C=O) groups excluding carboxylic acids is 1. The van der Waals surface area contributed by atoms with Crippen molar-refractivity contribution < 1.29 is 27.8 Å². The topological polar surface area (TPSA) is 71.5 Å². The molecule has 0 aliphatic rings. The van der Waals surface area contributed by atoms with E-state index in [4.69, 9.17) is 0 Å². The zero-order chi connectivity index (χ0) is 19.4. The summed E-state index contributed by atoms with van der Waals surface area (Å²) in [4.78, 5) is 16.3. The molecule has 2 aromatic carbocycles. The van der Waals surface area contributed by atoms with E-state index in [9.17, 15) is 23.1 Å². The summed E-state index contributed by atoms with van der Waals surface area (Å²) in [5.74, 6) is -0.668. The van der Waals surface area contributed by atoms with Crippen molar-refractivity contribution in [2.75, 3.05) is 6.54 Å². The molecule has 0 saturated carbocycles. The highest BCUT2D eigenvalue weighted by atomic mass is 19.4. The molecule has 0 spiro atoms. The summed E-state index contributed by atoms with van der Waals surface area (Å²) in [6.07, 6.45) is -2.62. The Kier molecular flexibility index (Phi) is 5.16. The molecule has 0 bridgehead atoms. The number of nitrogens with one attached hydrogen (secondary N) is 1. The second kappa shape index (κ2) is 7.53. The lowest BCUT2D eigenvalue weighted by Crippen LogP contribution is -2.25. The third kappa shape index (κ3) is 4.87. The highest BCUT2D eigenvalue weighted by Gasteiger charge is 2.31. The van der Waals surface area contributed by atoms with E-state index >= 15 is 0 Å². The van der Waals surface area contributed by atoms with E-state index in [1.807, 2.05) is 0 Å². The van der Waals surface area contributed by atoms with Crippen molar-refractivity contribution in [2.24, 2.45) is 0 Å². The van der Waals surface area contributed by atoms with Crippen LogP contribution >= 0.6 is 0 Å². The first-order valence-corrected chi connectivity index (χ1v) is 8.02. The number of hydrogen-bond donors (Lipinski definition) is 2. The highest BCUT2D eigenvalue weighted by molar-refractivity contribution is 5.94. The van der Waals surface area contributed by atoms with Crippen molar-refractivity contribution in [2.45, 2.75) is 12.8 Å². The summed E-state index contributed by atoms with van der Waals surface area (Å²) in [6.45, 7) is 0.314. The van der Waals surface area contributed by atoms with Gasteiger partial charge >= 0.3 is 6.36 Å². The first-order chi connectivity index (χ1) is 12.8. The number of hydrogen-bond acceptors (Lipinski definition) is 4. The fraction of sp³-hybridized carbons (Fsp3) is 0.158. The van der Waals surface area contributed by atoms with Crippen LogP contribution < -0.4 is 10.1 Å². The number of phenols is 1. The van der Waals surface area contributed by atoms with Gasteiger partial charge < -0.3 is 15.2 Å². The fourth-order valence-corrected chi connectivity index (χ4v) is 2.63. The van der Waals surface area contributed by atoms with E-state index < -0.39 is 12.3 Å². The van der Waals surface area contributed by atoms with Gasteiger partial charge in [-0.15, -0.1) is 13.2 Å². The van der Waals surface area contributed by atoms with Gasteiger partial charge in [0.1, 0.15) is 11.5 Å². The number of aromatic hydroxyl groups is 1. The normalized spacial score (nSPS) is 11.4. The number of phenolic OH excluding ortho intramolecular Hbond substituents is 1. The van der Waals surface area contributed by atoms with Gasteiger partial charge in [0.15, 0.2) is 0 Å². The molecule has 8 heteroatoms. The van der Waals surface area contributed by atoms with Gasteiger partial charge in [-0.05, 0) is 60.5 Å². The van der Waals surface area contributed by atoms with Crippen LogP contribution in [0.4, 0.5) is 13.2 Å². The number of pyridine rings is 1. The number of rotatable bonds is 5. The van der Waals surface area contributed by atoms with Crippen LogP contribution in [0.3, 0.4) is 0 Å². The van der Waals surface area contributed by atoms with Crippen LogP contribution in [-0.2, 0) is 6.42 Å². The smallest absolute Gasteiger partial charge is 0.508 e. The first kappa shape index (κ1) is 18.5. The van der Waals surface area contributed by atoms with E-state index in [0.717, 1.165) is 28.6 Å². The Hall–Kier alpha value is -3.29. The summed E-state index contributed by atoms with van der Waals surface area (Å²) in [7, 11) is 0. The van der Waals surface area contributed by atoms with Crippen LogP contribution in [0.2, 0.25) is 0 Å². The Labute approximate surface area is 152 Å². The Morgan fingerprint density at radius 1 is 1.11 bits per heavy atom. The molecule has 5 nitrogen and oxygen atoms in total. The fourth-order valence-electron chi connectivity index (χ4n) is 2.63. The average molecular weight is 376 g/mol. The van der Waals surface area contributed by atoms with Crippen LogP contribution in [0.1, 0.15) is 15.9 Å². The minimum absolute atomic E-state index is 0.127. The Morgan fingerprint density at radius 3 is 2.56 bits per heavy atom. The van der Waals surface area contributed by atoms with Crippen molar-refractivity contribution in [3.8, 4) is 11.5 Å². The average Bonchev–Trinajstić information content (AvgIpc) is 2.61. The largest absolute Gasteiger partial charge is 0.573 e. The summed E-state index contributed by atoms with van der Waals surface area (Å²) in [5.41, 5.74) is 1.86. The Bertz CT molecular complexity index is 957. The predicted octanol–water partition coefficient (Wildman–Crippen LogP) is 3.81. The quantitative estimate of drug-likeness (QED) is 0.710. The number of nitrogens with zero attached hydrogens (tertiary/aromatic N) is 1. The van der Waals surface area contributed by atoms with Crippen LogP contribution in [0, 0.1) is 0 Å². The zero-order valence-electron chi connectivity index (χ0n) is 14.0. The van der Waals surface area contributed by atoms with Crippen molar-refractivity contribution >= 4 is 16.8 Å². The molecule has 1 amide bonds. The van der Waals surface area contributed by atoms with Crippen molar-refractivity contribution in [1.82, 2.24) is 10.3 Å². The monoisotopic (exact) mass is 376 g/mol. The molecule has 3 rings (SSSR count). The molecular formula is C19H15F3N2O3. The molecule has 0 radical (unpaired) electrons. The Morgan fingerprint density at radius 2 is 1.85 bits per heavy atom. The number of aromatic nitrogens is 1. The van der Waals surface area contributed by atoms with Gasteiger partial charge in [0.05, 0.1) is 5.52 Å². The second-order valence-electron chi connectivity index (χ2n) is 5.75. The van der Waals surface area contributed by atoms with E-state index in [1.54, 1.807) is 30.5 Å². The standard InChI is InChI=1S/C19H15F3N2O3/c20-19(21,22)27-15-4-1-13(2-5-15)18(26)24-10-8-12-7-9-23-17-6-3-14(25)11-16(12)17/h1-7,9,11,25H,8,10H2,(H,24,26). The lowest BCUT2D eigenvalue weighted by atomic mass is 10.1. The summed E-state index contributed by atoms with van der Waals surface area (Å²) in [6, 6.07) is 11.4. The third-order valence-electron chi connectivity index (χ3n) is 3.85. The molecule has 140 valence electrons. The number of fused-ring (bicyclic) bond motifs is 1. The van der Waals surface area contributed by atoms with E-state index in [2.05, 4.69) is 15.0 Å². The van der Waals surface area contributed by atoms with E-state index in [-0.39, 0.29) is 17.1 Å². The van der Waals surface area contributed by atoms with Gasteiger partial charge in [-0.2, -0.15) is 0 Å².